The minimum absolute atomic E-state index is 0.0952. The Kier molecular flexibility index (Phi) is 6.85. The van der Waals surface area contributed by atoms with Gasteiger partial charge in [0.2, 0.25) is 5.91 Å². The number of carbonyl (C=O) groups is 3. The van der Waals surface area contributed by atoms with Gasteiger partial charge in [0.25, 0.3) is 0 Å². The van der Waals surface area contributed by atoms with E-state index < -0.39 is 24.0 Å². The summed E-state index contributed by atoms with van der Waals surface area (Å²) in [6.45, 7) is 1.29. The Labute approximate surface area is 214 Å². The number of ether oxygens (including phenoxy) is 2. The number of fused-ring (bicyclic) bond motifs is 5. The van der Waals surface area contributed by atoms with Gasteiger partial charge in [0.1, 0.15) is 24.9 Å². The Hall–Kier alpha value is -4.65. The molecule has 0 fully saturated rings. The van der Waals surface area contributed by atoms with E-state index in [9.17, 15) is 14.4 Å². The van der Waals surface area contributed by atoms with E-state index in [0.29, 0.717) is 5.75 Å². The topological polar surface area (TPSA) is 93.7 Å². The number of nitrogens with one attached hydrogen (secondary N) is 2. The Balaban J connectivity index is 1.14. The summed E-state index contributed by atoms with van der Waals surface area (Å²) in [6, 6.07) is 22.2. The van der Waals surface area contributed by atoms with Gasteiger partial charge in [-0.1, -0.05) is 72.8 Å². The number of alkyl carbamates (subject to hydrolysis) is 1. The summed E-state index contributed by atoms with van der Waals surface area (Å²) >= 11 is 0. The van der Waals surface area contributed by atoms with Gasteiger partial charge in [-0.3, -0.25) is 4.79 Å². The second kappa shape index (κ2) is 10.5. The van der Waals surface area contributed by atoms with Crippen LogP contribution >= 0.6 is 0 Å². The van der Waals surface area contributed by atoms with E-state index in [1.165, 1.54) is 23.4 Å². The SMILES string of the molecule is CC(NC(=O)CNC(=O)OCc1ccccc1)C(=O)Oc1ccc2c(ccc3c4c(ccc32)C=CC4)c1. The molecular weight excluding hydrogens is 468 g/mol. The summed E-state index contributed by atoms with van der Waals surface area (Å²) in [5.41, 5.74) is 3.42. The van der Waals surface area contributed by atoms with Crippen molar-refractivity contribution in [2.75, 3.05) is 6.54 Å². The van der Waals surface area contributed by atoms with Crippen LogP contribution in [0.2, 0.25) is 0 Å². The normalized spacial score (nSPS) is 12.7. The van der Waals surface area contributed by atoms with Crippen molar-refractivity contribution in [3.63, 3.8) is 0 Å². The molecule has 37 heavy (non-hydrogen) atoms. The van der Waals surface area contributed by atoms with Crippen molar-refractivity contribution in [2.45, 2.75) is 26.0 Å². The number of hydrogen-bond donors (Lipinski definition) is 2. The van der Waals surface area contributed by atoms with Crippen LogP contribution in [-0.2, 0) is 27.4 Å². The lowest BCUT2D eigenvalue weighted by atomic mass is 9.96. The molecule has 0 heterocycles. The molecule has 0 aliphatic heterocycles. The monoisotopic (exact) mass is 494 g/mol. The Bertz CT molecular complexity index is 1530. The average Bonchev–Trinajstić information content (AvgIpc) is 3.40. The van der Waals surface area contributed by atoms with Crippen LogP contribution in [0.4, 0.5) is 4.79 Å². The summed E-state index contributed by atoms with van der Waals surface area (Å²) in [5, 5.41) is 9.32. The summed E-state index contributed by atoms with van der Waals surface area (Å²) in [5.74, 6) is -0.749. The van der Waals surface area contributed by atoms with Gasteiger partial charge in [-0.2, -0.15) is 0 Å². The molecular formula is C30H26N2O5. The lowest BCUT2D eigenvalue weighted by molar-refractivity contribution is -0.138. The summed E-state index contributed by atoms with van der Waals surface area (Å²) in [6.07, 6.45) is 4.53. The van der Waals surface area contributed by atoms with Crippen LogP contribution in [0.1, 0.15) is 23.6 Å². The molecule has 4 aromatic rings. The summed E-state index contributed by atoms with van der Waals surface area (Å²) in [7, 11) is 0. The molecule has 4 aromatic carbocycles. The van der Waals surface area contributed by atoms with E-state index >= 15 is 0 Å². The molecule has 186 valence electrons. The van der Waals surface area contributed by atoms with Gasteiger partial charge < -0.3 is 20.1 Å². The van der Waals surface area contributed by atoms with Crippen LogP contribution in [0.15, 0.2) is 78.9 Å². The quantitative estimate of drug-likeness (QED) is 0.217. The molecule has 5 rings (SSSR count). The maximum atomic E-state index is 12.6. The maximum Gasteiger partial charge on any atom is 0.407 e. The molecule has 2 amide bonds. The van der Waals surface area contributed by atoms with Gasteiger partial charge in [-0.05, 0) is 63.7 Å². The first-order valence-electron chi connectivity index (χ1n) is 12.1. The number of esters is 1. The van der Waals surface area contributed by atoms with Crippen LogP contribution in [0.25, 0.3) is 27.6 Å². The molecule has 1 unspecified atom stereocenters. The third kappa shape index (κ3) is 5.46. The van der Waals surface area contributed by atoms with Crippen LogP contribution in [0, 0.1) is 0 Å². The number of amides is 2. The van der Waals surface area contributed by atoms with E-state index in [0.717, 1.165) is 28.1 Å². The fourth-order valence-corrected chi connectivity index (χ4v) is 4.44. The van der Waals surface area contributed by atoms with Crippen molar-refractivity contribution >= 4 is 45.6 Å². The lowest BCUT2D eigenvalue weighted by Gasteiger charge is -2.14. The number of carbonyl (C=O) groups excluding carboxylic acids is 3. The minimum atomic E-state index is -0.906. The second-order valence-electron chi connectivity index (χ2n) is 8.91. The van der Waals surface area contributed by atoms with Gasteiger partial charge in [0.05, 0.1) is 0 Å². The zero-order valence-corrected chi connectivity index (χ0v) is 20.3. The first-order valence-corrected chi connectivity index (χ1v) is 12.1. The molecule has 0 aromatic heterocycles. The van der Waals surface area contributed by atoms with Crippen molar-refractivity contribution in [3.05, 3.63) is 95.6 Å². The maximum absolute atomic E-state index is 12.6. The van der Waals surface area contributed by atoms with E-state index in [4.69, 9.17) is 9.47 Å². The number of allylic oxidation sites excluding steroid dienone is 1. The average molecular weight is 495 g/mol. The van der Waals surface area contributed by atoms with Crippen LogP contribution in [-0.4, -0.2) is 30.6 Å². The fourth-order valence-electron chi connectivity index (χ4n) is 4.44. The van der Waals surface area contributed by atoms with Crippen LogP contribution in [0.5, 0.6) is 5.75 Å². The summed E-state index contributed by atoms with van der Waals surface area (Å²) < 4.78 is 10.6. The Morgan fingerprint density at radius 1 is 0.919 bits per heavy atom. The number of benzene rings is 4. The molecule has 2 N–H and O–H groups in total. The van der Waals surface area contributed by atoms with Crippen LogP contribution in [0.3, 0.4) is 0 Å². The molecule has 1 aliphatic rings. The molecule has 0 radical (unpaired) electrons. The second-order valence-corrected chi connectivity index (χ2v) is 8.91. The highest BCUT2D eigenvalue weighted by atomic mass is 16.5. The molecule has 0 bridgehead atoms. The van der Waals surface area contributed by atoms with Gasteiger partial charge in [-0.25, -0.2) is 9.59 Å². The van der Waals surface area contributed by atoms with E-state index in [-0.39, 0.29) is 13.2 Å². The predicted octanol–water partition coefficient (Wildman–Crippen LogP) is 4.90. The largest absolute Gasteiger partial charge is 0.445 e. The highest BCUT2D eigenvalue weighted by molar-refractivity contribution is 6.10. The first-order chi connectivity index (χ1) is 18.0. The first kappa shape index (κ1) is 24.1. The van der Waals surface area contributed by atoms with E-state index in [1.54, 1.807) is 6.07 Å². The van der Waals surface area contributed by atoms with Crippen molar-refractivity contribution in [1.82, 2.24) is 10.6 Å². The van der Waals surface area contributed by atoms with Crippen LogP contribution < -0.4 is 15.4 Å². The van der Waals surface area contributed by atoms with Gasteiger partial charge in [0, 0.05) is 0 Å². The molecule has 7 nitrogen and oxygen atoms in total. The van der Waals surface area contributed by atoms with Crippen molar-refractivity contribution in [2.24, 2.45) is 0 Å². The van der Waals surface area contributed by atoms with Gasteiger partial charge in [-0.15, -0.1) is 0 Å². The Morgan fingerprint density at radius 3 is 2.54 bits per heavy atom. The molecule has 1 aliphatic carbocycles. The van der Waals surface area contributed by atoms with Gasteiger partial charge in [0.15, 0.2) is 0 Å². The zero-order valence-electron chi connectivity index (χ0n) is 20.3. The standard InChI is InChI=1S/C30H26N2O5/c1-19(32-28(33)17-31-30(35)36-18-20-6-3-2-4-7-20)29(34)37-23-12-15-25-22(16-23)11-14-26-24-9-5-8-21(24)10-13-27(25)26/h2-8,10-16,19H,9,17-18H2,1H3,(H,31,35)(H,32,33). The Morgan fingerprint density at radius 2 is 1.70 bits per heavy atom. The number of hydrogen-bond acceptors (Lipinski definition) is 5. The molecule has 0 spiro atoms. The molecule has 7 heteroatoms. The number of rotatable bonds is 7. The smallest absolute Gasteiger partial charge is 0.407 e. The van der Waals surface area contributed by atoms with E-state index in [1.807, 2.05) is 48.5 Å². The predicted molar refractivity (Wildman–Crippen MR) is 142 cm³/mol. The summed E-state index contributed by atoms with van der Waals surface area (Å²) in [4.78, 5) is 36.6. The van der Waals surface area contributed by atoms with Gasteiger partial charge >= 0.3 is 12.1 Å². The van der Waals surface area contributed by atoms with Crippen molar-refractivity contribution in [1.29, 1.82) is 0 Å². The van der Waals surface area contributed by atoms with Crippen molar-refractivity contribution < 1.29 is 23.9 Å². The molecule has 0 saturated heterocycles. The van der Waals surface area contributed by atoms with E-state index in [2.05, 4.69) is 41.0 Å². The molecule has 0 saturated carbocycles. The zero-order chi connectivity index (χ0) is 25.8. The third-order valence-electron chi connectivity index (χ3n) is 6.31. The highest BCUT2D eigenvalue weighted by Crippen LogP contribution is 2.34. The van der Waals surface area contributed by atoms with Crippen molar-refractivity contribution in [3.8, 4) is 5.75 Å². The fraction of sp³-hybridized carbons (Fsp3) is 0.167. The lowest BCUT2D eigenvalue weighted by Crippen LogP contribution is -2.45. The molecule has 1 atom stereocenters. The minimum Gasteiger partial charge on any atom is -0.445 e. The highest BCUT2D eigenvalue weighted by Gasteiger charge is 2.19. The third-order valence-corrected chi connectivity index (χ3v) is 6.31.